The SMILES string of the molecule is CC(C(=O)O)N1CCc2sc(-c3nc(N[C@@H](C)CO)ncc3Cl)cc2C1=O.Cc1cccc([C@@H](CO)NC(=O)[C@@H](C)N2CCc3sc(-c4nc(N[C@@H](C)CO)ncc4Cl)cc3C2=O)c1.Cc1cccc([C@@H](CO)NC(=O)[C@@H](C)N2CCc3sc(-c4nc(N[C@@H](C)CO)ncc4Cl)cc3C2=O)c1.Cc1cccc([C@H](N)CO)c1. The lowest BCUT2D eigenvalue weighted by atomic mass is 10.0. The Kier molecular flexibility index (Phi) is 31.0. The third-order valence-corrected chi connectivity index (χ3v) is 23.0. The molecule has 3 aliphatic heterocycles. The molecule has 14 N–H and O–H groups in total. The zero-order chi connectivity index (χ0) is 81.4. The quantitative estimate of drug-likeness (QED) is 0.0240. The van der Waals surface area contributed by atoms with Crippen molar-refractivity contribution in [3.05, 3.63) is 189 Å². The first-order valence-corrected chi connectivity index (χ1v) is 39.7. The summed E-state index contributed by atoms with van der Waals surface area (Å²) in [5.41, 5.74) is 14.5. The van der Waals surface area contributed by atoms with Gasteiger partial charge in [-0.15, -0.1) is 34.0 Å². The highest BCUT2D eigenvalue weighted by Crippen LogP contribution is 2.41. The molecule has 28 nitrogen and oxygen atoms in total. The van der Waals surface area contributed by atoms with Crippen LogP contribution in [0.3, 0.4) is 0 Å². The third kappa shape index (κ3) is 21.8. The topological polar surface area (TPSA) is 417 Å². The molecule has 6 aromatic heterocycles. The van der Waals surface area contributed by atoms with Crippen LogP contribution in [0.4, 0.5) is 17.8 Å². The van der Waals surface area contributed by atoms with E-state index >= 15 is 0 Å². The van der Waals surface area contributed by atoms with Gasteiger partial charge in [-0.25, -0.2) is 34.7 Å². The van der Waals surface area contributed by atoms with Gasteiger partial charge in [0.15, 0.2) is 0 Å². The van der Waals surface area contributed by atoms with Crippen LogP contribution >= 0.6 is 68.8 Å². The molecule has 3 aromatic carbocycles. The molecule has 34 heteroatoms. The number of carbonyl (C=O) groups excluding carboxylic acids is 5. The Labute approximate surface area is 675 Å². The number of aliphatic carboxylic acids is 1. The number of aliphatic hydroxyl groups excluding tert-OH is 6. The number of nitrogens with two attached hydrogens (primary N) is 1. The summed E-state index contributed by atoms with van der Waals surface area (Å²) in [6, 6.07) is 23.9. The van der Waals surface area contributed by atoms with Crippen LogP contribution < -0.4 is 32.3 Å². The lowest BCUT2D eigenvalue weighted by Gasteiger charge is -2.32. The fraction of sp³-hybridized carbons (Fsp3) is 0.385. The minimum absolute atomic E-state index is 0.00343. The van der Waals surface area contributed by atoms with Crippen LogP contribution in [-0.2, 0) is 33.6 Å². The van der Waals surface area contributed by atoms with Gasteiger partial charge in [0.25, 0.3) is 17.7 Å². The number of aryl methyl sites for hydroxylation is 3. The molecule has 0 spiro atoms. The van der Waals surface area contributed by atoms with Gasteiger partial charge in [-0.1, -0.05) is 124 Å². The summed E-state index contributed by atoms with van der Waals surface area (Å²) >= 11 is 23.3. The van der Waals surface area contributed by atoms with E-state index in [1.165, 1.54) is 70.0 Å². The van der Waals surface area contributed by atoms with E-state index in [1.807, 2.05) is 93.6 Å². The van der Waals surface area contributed by atoms with Crippen molar-refractivity contribution in [2.24, 2.45) is 5.73 Å². The van der Waals surface area contributed by atoms with E-state index in [9.17, 15) is 54.3 Å². The highest BCUT2D eigenvalue weighted by molar-refractivity contribution is 7.16. The minimum atomic E-state index is -1.03. The fourth-order valence-electron chi connectivity index (χ4n) is 12.2. The van der Waals surface area contributed by atoms with Crippen molar-refractivity contribution < 1.29 is 64.5 Å². The number of hydrogen-bond donors (Lipinski definition) is 13. The molecule has 1 unspecified atom stereocenters. The molecule has 9 atom stereocenters. The molecular weight excluding hydrogens is 1560 g/mol. The lowest BCUT2D eigenvalue weighted by molar-refractivity contribution is -0.141. The third-order valence-electron chi connectivity index (χ3n) is 18.6. The van der Waals surface area contributed by atoms with Crippen LogP contribution in [0.15, 0.2) is 110 Å². The van der Waals surface area contributed by atoms with Gasteiger partial charge in [0, 0.05) is 71.7 Å². The van der Waals surface area contributed by atoms with Crippen LogP contribution in [-0.4, -0.2) is 211 Å². The van der Waals surface area contributed by atoms with Gasteiger partial charge in [0.2, 0.25) is 29.7 Å². The maximum Gasteiger partial charge on any atom is 0.326 e. The van der Waals surface area contributed by atoms with E-state index in [0.29, 0.717) is 110 Å². The first-order chi connectivity index (χ1) is 53.5. The van der Waals surface area contributed by atoms with Crippen LogP contribution in [0.2, 0.25) is 15.1 Å². The molecule has 0 bridgehead atoms. The Bertz CT molecular complexity index is 4620. The summed E-state index contributed by atoms with van der Waals surface area (Å²) in [5.74, 6) is -1.48. The minimum Gasteiger partial charge on any atom is -0.480 e. The molecule has 0 saturated carbocycles. The van der Waals surface area contributed by atoms with Crippen molar-refractivity contribution in [2.75, 3.05) is 75.2 Å². The standard InChI is InChI=1S/2C26H30ClN5O4S.C17H19ClN4O4S.C9H13NO/c2*1-14-5-4-6-17(9-14)20(13-34)30-24(35)16(3)32-8-7-21-18(25(32)36)10-22(37-21)23-19(27)11-28-26(31-23)29-15(2)12-33;1-8(7-23)20-17-19-6-11(18)14(21-17)13-5-10-12(27-13)3-4-22(15(10)24)9(2)16(25)26;1-7-3-2-4-8(5-7)9(10)6-11/h2*4-6,9-11,15-16,20,33-34H,7-8,12-13H2,1-3H3,(H,30,35)(H,28,29,31);5-6,8-9,23H,3-4,7H2,1-2H3,(H,25,26)(H,19,20,21);2-5,9,11H,6,10H2,1H3/t2*15-,16+,20+;8-,9?;9-/m0001/s1. The second-order valence-corrected chi connectivity index (χ2v) is 32.0. The number of hydrogen-bond acceptors (Lipinski definition) is 25. The number of anilines is 3. The predicted molar refractivity (Wildman–Crippen MR) is 435 cm³/mol. The van der Waals surface area contributed by atoms with Crippen molar-refractivity contribution in [3.63, 3.8) is 0 Å². The molecule has 3 aliphatic rings. The number of benzene rings is 3. The zero-order valence-corrected chi connectivity index (χ0v) is 67.8. The number of nitrogens with one attached hydrogen (secondary N) is 5. The Balaban J connectivity index is 0.000000182. The predicted octanol–water partition coefficient (Wildman–Crippen LogP) is 9.50. The fourth-order valence-corrected chi connectivity index (χ4v) is 16.3. The van der Waals surface area contributed by atoms with Crippen LogP contribution in [0.1, 0.15) is 139 Å². The summed E-state index contributed by atoms with van der Waals surface area (Å²) in [4.78, 5) is 112. The molecule has 112 heavy (non-hydrogen) atoms. The highest BCUT2D eigenvalue weighted by Gasteiger charge is 2.38. The molecule has 5 amide bonds. The molecule has 596 valence electrons. The number of carboxylic acids is 1. The number of aromatic nitrogens is 6. The van der Waals surface area contributed by atoms with Crippen molar-refractivity contribution in [1.29, 1.82) is 0 Å². The second-order valence-electron chi connectivity index (χ2n) is 27.3. The number of thiophene rings is 3. The number of amides is 5. The van der Waals surface area contributed by atoms with Crippen molar-refractivity contribution in [1.82, 2.24) is 55.2 Å². The molecule has 0 radical (unpaired) electrons. The number of fused-ring (bicyclic) bond motifs is 3. The zero-order valence-electron chi connectivity index (χ0n) is 63.1. The van der Waals surface area contributed by atoms with Crippen LogP contribution in [0, 0.1) is 20.8 Å². The van der Waals surface area contributed by atoms with E-state index in [-0.39, 0.29) is 93.3 Å². The molecule has 0 aliphatic carbocycles. The lowest BCUT2D eigenvalue weighted by Crippen LogP contribution is -2.51. The first-order valence-electron chi connectivity index (χ1n) is 36.1. The normalized spacial score (nSPS) is 15.5. The first kappa shape index (κ1) is 86.8. The maximum absolute atomic E-state index is 13.4. The summed E-state index contributed by atoms with van der Waals surface area (Å²) in [6.07, 6.45) is 6.22. The van der Waals surface area contributed by atoms with Crippen molar-refractivity contribution in [3.8, 4) is 31.7 Å². The Morgan fingerprint density at radius 2 is 0.759 bits per heavy atom. The van der Waals surface area contributed by atoms with Gasteiger partial charge in [-0.3, -0.25) is 24.0 Å². The smallest absolute Gasteiger partial charge is 0.326 e. The van der Waals surface area contributed by atoms with E-state index in [0.717, 1.165) is 52.2 Å². The van der Waals surface area contributed by atoms with E-state index in [1.54, 1.807) is 62.6 Å². The Hall–Kier alpha value is -9.19. The maximum atomic E-state index is 13.4. The summed E-state index contributed by atoms with van der Waals surface area (Å²) in [5, 5.41) is 81.2. The van der Waals surface area contributed by atoms with Crippen LogP contribution in [0.25, 0.3) is 31.7 Å². The number of halogens is 3. The van der Waals surface area contributed by atoms with Gasteiger partial charge in [0.1, 0.15) is 35.2 Å². The van der Waals surface area contributed by atoms with Gasteiger partial charge < -0.3 is 82.8 Å². The van der Waals surface area contributed by atoms with E-state index in [2.05, 4.69) is 56.5 Å². The molecule has 9 heterocycles. The molecule has 9 aromatic rings. The Morgan fingerprint density at radius 1 is 0.455 bits per heavy atom. The summed E-state index contributed by atoms with van der Waals surface area (Å²) in [7, 11) is 0. The number of aliphatic hydroxyl groups is 6. The van der Waals surface area contributed by atoms with Gasteiger partial charge >= 0.3 is 5.97 Å². The summed E-state index contributed by atoms with van der Waals surface area (Å²) in [6.45, 7) is 16.6. The largest absolute Gasteiger partial charge is 0.480 e. The average molecular weight is 1650 g/mol. The molecule has 0 saturated heterocycles. The molecule has 12 rings (SSSR count). The van der Waals surface area contributed by atoms with Crippen molar-refractivity contribution >= 4 is 122 Å². The van der Waals surface area contributed by atoms with Gasteiger partial charge in [-0.2, -0.15) is 0 Å². The van der Waals surface area contributed by atoms with Gasteiger partial charge in [-0.05, 0) is 97.2 Å². The van der Waals surface area contributed by atoms with Crippen LogP contribution in [0.5, 0.6) is 0 Å². The highest BCUT2D eigenvalue weighted by atomic mass is 35.5. The second kappa shape index (κ2) is 40.0. The monoisotopic (exact) mass is 1650 g/mol. The molecule has 0 fully saturated rings. The van der Waals surface area contributed by atoms with E-state index < -0.39 is 36.2 Å². The molecular formula is C78H92Cl3N15O13S3. The van der Waals surface area contributed by atoms with E-state index in [4.69, 9.17) is 50.7 Å². The average Bonchev–Trinajstić information content (AvgIpc) is 1.57. The summed E-state index contributed by atoms with van der Waals surface area (Å²) < 4.78 is 0. The number of rotatable bonds is 26. The van der Waals surface area contributed by atoms with Gasteiger partial charge in [0.05, 0.1) is 123 Å². The Morgan fingerprint density at radius 3 is 1.04 bits per heavy atom. The number of nitrogens with zero attached hydrogens (tertiary/aromatic N) is 9. The number of carbonyl (C=O) groups is 6. The van der Waals surface area contributed by atoms with Crippen molar-refractivity contribution in [2.45, 2.75) is 136 Å². The number of carboxylic acid groups (broad SMARTS) is 1.